The molecule has 12 heavy (non-hydrogen) atoms. The molecule has 1 N–H and O–H groups in total. The summed E-state index contributed by atoms with van der Waals surface area (Å²) in [6, 6.07) is 2.17. The Morgan fingerprint density at radius 2 is 2.42 bits per heavy atom. The maximum absolute atomic E-state index is 9.55. The predicted octanol–water partition coefficient (Wildman–Crippen LogP) is 2.67. The van der Waals surface area contributed by atoms with E-state index in [0.717, 1.165) is 4.88 Å². The lowest BCUT2D eigenvalue weighted by molar-refractivity contribution is 0.209. The van der Waals surface area contributed by atoms with Gasteiger partial charge in [-0.25, -0.2) is 0 Å². The molecule has 1 atom stereocenters. The van der Waals surface area contributed by atoms with Gasteiger partial charge < -0.3 is 5.11 Å². The molecule has 1 heterocycles. The van der Waals surface area contributed by atoms with Crippen LogP contribution in [0.2, 0.25) is 0 Å². The summed E-state index contributed by atoms with van der Waals surface area (Å²) in [5.41, 5.74) is 1.47. The third kappa shape index (κ3) is 1.45. The summed E-state index contributed by atoms with van der Waals surface area (Å²) < 4.78 is 0. The van der Waals surface area contributed by atoms with E-state index in [1.807, 2.05) is 0 Å². The first-order valence-electron chi connectivity index (χ1n) is 4.17. The van der Waals surface area contributed by atoms with Gasteiger partial charge in [0, 0.05) is 15.1 Å². The van der Waals surface area contributed by atoms with E-state index in [4.69, 9.17) is 0 Å². The van der Waals surface area contributed by atoms with E-state index in [-0.39, 0.29) is 6.10 Å². The highest BCUT2D eigenvalue weighted by atomic mass is 79.9. The van der Waals surface area contributed by atoms with Crippen molar-refractivity contribution < 1.29 is 5.11 Å². The van der Waals surface area contributed by atoms with Crippen molar-refractivity contribution >= 4 is 27.3 Å². The molecule has 0 amide bonds. The monoisotopic (exact) mass is 246 g/mol. The van der Waals surface area contributed by atoms with E-state index in [2.05, 4.69) is 22.0 Å². The van der Waals surface area contributed by atoms with Crippen LogP contribution in [0.3, 0.4) is 0 Å². The third-order valence-corrected chi connectivity index (χ3v) is 4.19. The quantitative estimate of drug-likeness (QED) is 0.796. The van der Waals surface area contributed by atoms with Crippen LogP contribution in [0, 0.1) is 0 Å². The summed E-state index contributed by atoms with van der Waals surface area (Å²) in [5.74, 6) is 0. The first-order valence-corrected chi connectivity index (χ1v) is 6.10. The number of rotatable bonds is 2. The molecule has 1 aromatic heterocycles. The molecule has 0 radical (unpaired) electrons. The summed E-state index contributed by atoms with van der Waals surface area (Å²) in [4.78, 5) is 2.61. The second kappa shape index (κ2) is 3.48. The van der Waals surface area contributed by atoms with Crippen molar-refractivity contribution in [2.75, 3.05) is 5.33 Å². The molecular weight excluding hydrogens is 236 g/mol. The molecular formula is C9H11BrOS. The van der Waals surface area contributed by atoms with Gasteiger partial charge in [0.2, 0.25) is 0 Å². The number of thiophene rings is 1. The molecule has 0 saturated carbocycles. The molecule has 66 valence electrons. The van der Waals surface area contributed by atoms with Crippen molar-refractivity contribution in [1.82, 2.24) is 0 Å². The zero-order chi connectivity index (χ0) is 8.55. The minimum absolute atomic E-state index is 0.305. The molecule has 1 nitrogen and oxygen atoms in total. The Morgan fingerprint density at radius 3 is 3.08 bits per heavy atom. The van der Waals surface area contributed by atoms with Crippen LogP contribution in [0.1, 0.15) is 27.8 Å². The second-order valence-corrected chi connectivity index (χ2v) is 4.94. The summed E-state index contributed by atoms with van der Waals surface area (Å²) in [5, 5.41) is 10.2. The number of aryl methyl sites for hydroxylation is 2. The van der Waals surface area contributed by atoms with Gasteiger partial charge >= 0.3 is 0 Å². The van der Waals surface area contributed by atoms with Gasteiger partial charge in [0.15, 0.2) is 0 Å². The van der Waals surface area contributed by atoms with Crippen molar-refractivity contribution in [3.8, 4) is 0 Å². The molecule has 0 aliphatic heterocycles. The molecule has 3 heteroatoms. The number of halogens is 1. The van der Waals surface area contributed by atoms with Crippen molar-refractivity contribution in [3.05, 3.63) is 21.4 Å². The fourth-order valence-electron chi connectivity index (χ4n) is 1.59. The average molecular weight is 247 g/mol. The van der Waals surface area contributed by atoms with E-state index >= 15 is 0 Å². The first-order chi connectivity index (χ1) is 5.81. The predicted molar refractivity (Wildman–Crippen MR) is 55.1 cm³/mol. The van der Waals surface area contributed by atoms with E-state index in [1.54, 1.807) is 11.3 Å². The number of aliphatic hydroxyl groups is 1. The van der Waals surface area contributed by atoms with Crippen LogP contribution in [0.4, 0.5) is 0 Å². The second-order valence-electron chi connectivity index (χ2n) is 3.12. The van der Waals surface area contributed by atoms with Crippen LogP contribution in [0.5, 0.6) is 0 Å². The fraction of sp³-hybridized carbons (Fsp3) is 0.556. The molecule has 1 aliphatic rings. The maximum atomic E-state index is 9.55. The van der Waals surface area contributed by atoms with Crippen LogP contribution in [0.15, 0.2) is 6.07 Å². The fourth-order valence-corrected chi connectivity index (χ4v) is 3.40. The van der Waals surface area contributed by atoms with E-state index in [0.29, 0.717) is 5.33 Å². The van der Waals surface area contributed by atoms with Gasteiger partial charge in [-0.15, -0.1) is 11.3 Å². The first kappa shape index (κ1) is 8.73. The third-order valence-electron chi connectivity index (χ3n) is 2.24. The Labute approximate surface area is 84.6 Å². The molecule has 0 bridgehead atoms. The number of fused-ring (bicyclic) bond motifs is 1. The van der Waals surface area contributed by atoms with Gasteiger partial charge in [0.25, 0.3) is 0 Å². The molecule has 0 spiro atoms. The molecule has 1 aromatic rings. The largest absolute Gasteiger partial charge is 0.387 e. The number of aliphatic hydroxyl groups excluding tert-OH is 1. The standard InChI is InChI=1S/C9H11BrOS/c10-5-7(11)9-4-6-2-1-3-8(6)12-9/h4,7,11H,1-3,5H2. The summed E-state index contributed by atoms with van der Waals surface area (Å²) in [6.45, 7) is 0. The van der Waals surface area contributed by atoms with Gasteiger partial charge in [-0.05, 0) is 30.9 Å². The zero-order valence-electron chi connectivity index (χ0n) is 6.72. The van der Waals surface area contributed by atoms with Crippen molar-refractivity contribution in [2.24, 2.45) is 0 Å². The van der Waals surface area contributed by atoms with Crippen LogP contribution in [-0.2, 0) is 12.8 Å². The summed E-state index contributed by atoms with van der Waals surface area (Å²) in [6.07, 6.45) is 3.42. The highest BCUT2D eigenvalue weighted by Crippen LogP contribution is 2.34. The Kier molecular flexibility index (Phi) is 2.53. The maximum Gasteiger partial charge on any atom is 0.0978 e. The highest BCUT2D eigenvalue weighted by Gasteiger charge is 2.17. The van der Waals surface area contributed by atoms with E-state index in [9.17, 15) is 5.11 Å². The molecule has 0 aromatic carbocycles. The van der Waals surface area contributed by atoms with Gasteiger partial charge in [0.05, 0.1) is 6.10 Å². The Hall–Kier alpha value is 0.140. The smallest absolute Gasteiger partial charge is 0.0978 e. The Bertz CT molecular complexity index is 261. The molecule has 0 fully saturated rings. The van der Waals surface area contributed by atoms with Gasteiger partial charge in [-0.3, -0.25) is 0 Å². The average Bonchev–Trinajstić information content (AvgIpc) is 2.60. The highest BCUT2D eigenvalue weighted by molar-refractivity contribution is 9.09. The molecule has 1 aliphatic carbocycles. The molecule has 2 rings (SSSR count). The van der Waals surface area contributed by atoms with Crippen LogP contribution >= 0.6 is 27.3 Å². The Balaban J connectivity index is 2.25. The lowest BCUT2D eigenvalue weighted by Crippen LogP contribution is -1.94. The summed E-state index contributed by atoms with van der Waals surface area (Å²) >= 11 is 5.06. The molecule has 0 saturated heterocycles. The topological polar surface area (TPSA) is 20.2 Å². The van der Waals surface area contributed by atoms with E-state index < -0.39 is 0 Å². The van der Waals surface area contributed by atoms with Crippen LogP contribution < -0.4 is 0 Å². The van der Waals surface area contributed by atoms with Crippen molar-refractivity contribution in [1.29, 1.82) is 0 Å². The normalized spacial score (nSPS) is 17.8. The molecule has 1 unspecified atom stereocenters. The number of hydrogen-bond donors (Lipinski definition) is 1. The van der Waals surface area contributed by atoms with Crippen molar-refractivity contribution in [2.45, 2.75) is 25.4 Å². The minimum atomic E-state index is -0.305. The zero-order valence-corrected chi connectivity index (χ0v) is 9.12. The van der Waals surface area contributed by atoms with Crippen molar-refractivity contribution in [3.63, 3.8) is 0 Å². The van der Waals surface area contributed by atoms with E-state index in [1.165, 1.54) is 29.7 Å². The SMILES string of the molecule is OC(CBr)c1cc2c(s1)CCC2. The lowest BCUT2D eigenvalue weighted by Gasteiger charge is -2.01. The number of hydrogen-bond acceptors (Lipinski definition) is 2. The van der Waals surface area contributed by atoms with Gasteiger partial charge in [-0.1, -0.05) is 15.9 Å². The minimum Gasteiger partial charge on any atom is -0.387 e. The number of alkyl halides is 1. The van der Waals surface area contributed by atoms with Gasteiger partial charge in [-0.2, -0.15) is 0 Å². The lowest BCUT2D eigenvalue weighted by atomic mass is 10.2. The van der Waals surface area contributed by atoms with Crippen LogP contribution in [0.25, 0.3) is 0 Å². The summed E-state index contributed by atoms with van der Waals surface area (Å²) in [7, 11) is 0. The van der Waals surface area contributed by atoms with Gasteiger partial charge in [0.1, 0.15) is 0 Å². The Morgan fingerprint density at radius 1 is 1.58 bits per heavy atom. The van der Waals surface area contributed by atoms with Crippen LogP contribution in [-0.4, -0.2) is 10.4 Å².